The summed E-state index contributed by atoms with van der Waals surface area (Å²) < 4.78 is 39.8. The molecule has 0 heterocycles. The molecule has 118 valence electrons. The van der Waals surface area contributed by atoms with E-state index in [9.17, 15) is 18.0 Å². The fourth-order valence-electron chi connectivity index (χ4n) is 1.67. The molecule has 0 aromatic heterocycles. The lowest BCUT2D eigenvalue weighted by atomic mass is 10.3. The minimum Gasteiger partial charge on any atom is -0.406 e. The van der Waals surface area contributed by atoms with E-state index in [1.54, 1.807) is 0 Å². The smallest absolute Gasteiger partial charge is 0.406 e. The van der Waals surface area contributed by atoms with Crippen LogP contribution in [0.2, 0.25) is 0 Å². The van der Waals surface area contributed by atoms with Gasteiger partial charge < -0.3 is 20.7 Å². The van der Waals surface area contributed by atoms with Gasteiger partial charge in [-0.05, 0) is 38.1 Å². The van der Waals surface area contributed by atoms with Crippen molar-refractivity contribution in [2.45, 2.75) is 26.3 Å². The summed E-state index contributed by atoms with van der Waals surface area (Å²) in [7, 11) is 0. The van der Waals surface area contributed by atoms with Gasteiger partial charge in [-0.15, -0.1) is 13.2 Å². The van der Waals surface area contributed by atoms with Gasteiger partial charge in [0.2, 0.25) is 0 Å². The lowest BCUT2D eigenvalue weighted by Gasteiger charge is -2.26. The fraction of sp³-hybridized carbons (Fsp3) is 0.462. The number of amides is 2. The van der Waals surface area contributed by atoms with Gasteiger partial charge in [-0.2, -0.15) is 0 Å². The number of nitrogens with one attached hydrogen (secondary N) is 1. The molecule has 21 heavy (non-hydrogen) atoms. The molecule has 0 unspecified atom stereocenters. The van der Waals surface area contributed by atoms with Crippen LogP contribution in [-0.4, -0.2) is 36.4 Å². The number of carbonyl (C=O) groups excluding carboxylic acids is 1. The molecule has 0 fully saturated rings. The van der Waals surface area contributed by atoms with Gasteiger partial charge in [-0.1, -0.05) is 0 Å². The summed E-state index contributed by atoms with van der Waals surface area (Å²) in [6.45, 7) is 4.40. The number of benzene rings is 1. The molecular formula is C13H18F3N3O2. The summed E-state index contributed by atoms with van der Waals surface area (Å²) in [5.41, 5.74) is 5.80. The largest absolute Gasteiger partial charge is 0.573 e. The molecular weight excluding hydrogens is 287 g/mol. The number of halogens is 3. The van der Waals surface area contributed by atoms with E-state index in [2.05, 4.69) is 10.1 Å². The highest BCUT2D eigenvalue weighted by Gasteiger charge is 2.31. The number of alkyl halides is 3. The topological polar surface area (TPSA) is 67.6 Å². The van der Waals surface area contributed by atoms with Crippen LogP contribution in [0.4, 0.5) is 23.7 Å². The number of nitrogens with zero attached hydrogens (tertiary/aromatic N) is 1. The van der Waals surface area contributed by atoms with E-state index >= 15 is 0 Å². The van der Waals surface area contributed by atoms with Crippen LogP contribution in [0.5, 0.6) is 5.75 Å². The number of rotatable bonds is 5. The zero-order chi connectivity index (χ0) is 16.0. The van der Waals surface area contributed by atoms with Gasteiger partial charge in [0.15, 0.2) is 0 Å². The second-order valence-electron chi connectivity index (χ2n) is 4.58. The van der Waals surface area contributed by atoms with Crippen LogP contribution < -0.4 is 15.8 Å². The Morgan fingerprint density at radius 3 is 2.33 bits per heavy atom. The molecule has 3 N–H and O–H groups in total. The average molecular weight is 305 g/mol. The summed E-state index contributed by atoms with van der Waals surface area (Å²) in [5.74, 6) is -0.344. The molecule has 0 radical (unpaired) electrons. The van der Waals surface area contributed by atoms with Crippen molar-refractivity contribution in [3.8, 4) is 5.75 Å². The minimum atomic E-state index is -4.74. The van der Waals surface area contributed by atoms with E-state index in [0.29, 0.717) is 18.8 Å². The van der Waals surface area contributed by atoms with Crippen LogP contribution in [0, 0.1) is 0 Å². The van der Waals surface area contributed by atoms with Crippen LogP contribution in [-0.2, 0) is 0 Å². The van der Waals surface area contributed by atoms with Gasteiger partial charge in [0.1, 0.15) is 5.75 Å². The SMILES string of the molecule is CC(C)N(CCN)C(=O)Nc1ccc(OC(F)(F)F)cc1. The molecule has 0 saturated carbocycles. The van der Waals surface area contributed by atoms with Gasteiger partial charge in [-0.3, -0.25) is 0 Å². The number of ether oxygens (including phenoxy) is 1. The second-order valence-corrected chi connectivity index (χ2v) is 4.58. The number of urea groups is 1. The highest BCUT2D eigenvalue weighted by Crippen LogP contribution is 2.24. The molecule has 1 rings (SSSR count). The van der Waals surface area contributed by atoms with Crippen LogP contribution in [0.1, 0.15) is 13.8 Å². The van der Waals surface area contributed by atoms with Crippen molar-refractivity contribution in [1.82, 2.24) is 4.90 Å². The number of carbonyl (C=O) groups is 1. The molecule has 0 atom stereocenters. The van der Waals surface area contributed by atoms with E-state index in [4.69, 9.17) is 5.73 Å². The Morgan fingerprint density at radius 2 is 1.90 bits per heavy atom. The first-order valence-electron chi connectivity index (χ1n) is 6.36. The average Bonchev–Trinajstić information content (AvgIpc) is 2.36. The molecule has 0 aliphatic heterocycles. The molecule has 0 bridgehead atoms. The minimum absolute atomic E-state index is 0.0404. The molecule has 0 aliphatic rings. The maximum atomic E-state index is 12.0. The molecule has 1 aromatic rings. The predicted molar refractivity (Wildman–Crippen MR) is 73.0 cm³/mol. The Kier molecular flexibility index (Phi) is 5.83. The Labute approximate surface area is 120 Å². The quantitative estimate of drug-likeness (QED) is 0.879. The first-order valence-corrected chi connectivity index (χ1v) is 6.36. The highest BCUT2D eigenvalue weighted by molar-refractivity contribution is 5.89. The summed E-state index contributed by atoms with van der Waals surface area (Å²) in [4.78, 5) is 13.5. The Bertz CT molecular complexity index is 461. The lowest BCUT2D eigenvalue weighted by Crippen LogP contribution is -2.42. The molecule has 0 saturated heterocycles. The number of hydrogen-bond donors (Lipinski definition) is 2. The van der Waals surface area contributed by atoms with Crippen molar-refractivity contribution in [1.29, 1.82) is 0 Å². The maximum absolute atomic E-state index is 12.0. The van der Waals surface area contributed by atoms with Crippen LogP contribution in [0.25, 0.3) is 0 Å². The van der Waals surface area contributed by atoms with Gasteiger partial charge in [0.05, 0.1) is 0 Å². The van der Waals surface area contributed by atoms with Crippen molar-refractivity contribution < 1.29 is 22.7 Å². The zero-order valence-corrected chi connectivity index (χ0v) is 11.8. The highest BCUT2D eigenvalue weighted by atomic mass is 19.4. The third-order valence-electron chi connectivity index (χ3n) is 2.59. The van der Waals surface area contributed by atoms with Crippen LogP contribution in [0.15, 0.2) is 24.3 Å². The van der Waals surface area contributed by atoms with Crippen molar-refractivity contribution in [3.63, 3.8) is 0 Å². The Balaban J connectivity index is 2.68. The Morgan fingerprint density at radius 1 is 1.33 bits per heavy atom. The molecule has 5 nitrogen and oxygen atoms in total. The summed E-state index contributed by atoms with van der Waals surface area (Å²) in [5, 5.41) is 2.59. The molecule has 0 aliphatic carbocycles. The van der Waals surface area contributed by atoms with Gasteiger partial charge in [-0.25, -0.2) is 4.79 Å². The first-order chi connectivity index (χ1) is 9.73. The third-order valence-corrected chi connectivity index (χ3v) is 2.59. The Hall–Kier alpha value is -1.96. The van der Waals surface area contributed by atoms with E-state index in [-0.39, 0.29) is 17.8 Å². The number of anilines is 1. The normalized spacial score (nSPS) is 11.4. The van der Waals surface area contributed by atoms with Crippen LogP contribution in [0.3, 0.4) is 0 Å². The van der Waals surface area contributed by atoms with Crippen LogP contribution >= 0.6 is 0 Å². The van der Waals surface area contributed by atoms with E-state index in [1.807, 2.05) is 13.8 Å². The molecule has 8 heteroatoms. The zero-order valence-electron chi connectivity index (χ0n) is 11.8. The summed E-state index contributed by atoms with van der Waals surface area (Å²) in [6, 6.07) is 4.53. The van der Waals surface area contributed by atoms with Gasteiger partial charge in [0.25, 0.3) is 0 Å². The monoisotopic (exact) mass is 305 g/mol. The van der Waals surface area contributed by atoms with Gasteiger partial charge in [0, 0.05) is 24.8 Å². The molecule has 1 aromatic carbocycles. The number of hydrogen-bond acceptors (Lipinski definition) is 3. The fourth-order valence-corrected chi connectivity index (χ4v) is 1.67. The van der Waals surface area contributed by atoms with Crippen molar-refractivity contribution >= 4 is 11.7 Å². The lowest BCUT2D eigenvalue weighted by molar-refractivity contribution is -0.274. The maximum Gasteiger partial charge on any atom is 0.573 e. The summed E-state index contributed by atoms with van der Waals surface area (Å²) >= 11 is 0. The predicted octanol–water partition coefficient (Wildman–Crippen LogP) is 2.79. The van der Waals surface area contributed by atoms with Crippen molar-refractivity contribution in [2.24, 2.45) is 5.73 Å². The van der Waals surface area contributed by atoms with E-state index in [0.717, 1.165) is 12.1 Å². The first kappa shape index (κ1) is 17.1. The number of nitrogens with two attached hydrogens (primary N) is 1. The molecule has 0 spiro atoms. The standard InChI is InChI=1S/C13H18F3N3O2/c1-9(2)19(8-7-17)12(20)18-10-3-5-11(6-4-10)21-13(14,15)16/h3-6,9H,7-8,17H2,1-2H3,(H,18,20). The van der Waals surface area contributed by atoms with Crippen molar-refractivity contribution in [3.05, 3.63) is 24.3 Å². The van der Waals surface area contributed by atoms with E-state index in [1.165, 1.54) is 17.0 Å². The summed E-state index contributed by atoms with van der Waals surface area (Å²) in [6.07, 6.45) is -4.74. The molecule has 2 amide bonds. The van der Waals surface area contributed by atoms with Crippen molar-refractivity contribution in [2.75, 3.05) is 18.4 Å². The van der Waals surface area contributed by atoms with Gasteiger partial charge >= 0.3 is 12.4 Å². The second kappa shape index (κ2) is 7.16. The third kappa shape index (κ3) is 5.90. The van der Waals surface area contributed by atoms with E-state index < -0.39 is 6.36 Å².